The smallest absolute Gasteiger partial charge is 0.138 e. The zero-order valence-corrected chi connectivity index (χ0v) is 9.77. The number of rotatable bonds is 6. The number of nitrogens with two attached hydrogens (primary N) is 1. The molecule has 1 aromatic heterocycles. The maximum atomic E-state index is 5.55. The van der Waals surface area contributed by atoms with E-state index in [0.29, 0.717) is 5.92 Å². The van der Waals surface area contributed by atoms with Gasteiger partial charge in [-0.05, 0) is 12.8 Å². The lowest BCUT2D eigenvalue weighted by molar-refractivity contribution is 0.359. The minimum Gasteiger partial charge on any atom is -0.271 e. The monoisotopic (exact) mass is 211 g/mol. The lowest BCUT2D eigenvalue weighted by Crippen LogP contribution is -2.42. The average Bonchev–Trinajstić information content (AvgIpc) is 2.71. The van der Waals surface area contributed by atoms with Gasteiger partial charge in [-0.1, -0.05) is 20.3 Å². The molecule has 5 nitrogen and oxygen atoms in total. The van der Waals surface area contributed by atoms with Crippen LogP contribution in [-0.2, 0) is 13.0 Å². The van der Waals surface area contributed by atoms with Gasteiger partial charge in [0.15, 0.2) is 0 Å². The van der Waals surface area contributed by atoms with Gasteiger partial charge in [0, 0.05) is 19.0 Å². The van der Waals surface area contributed by atoms with E-state index in [1.165, 1.54) is 0 Å². The van der Waals surface area contributed by atoms with Crippen molar-refractivity contribution < 1.29 is 0 Å². The summed E-state index contributed by atoms with van der Waals surface area (Å²) in [5.74, 6) is 7.09. The number of aromatic nitrogens is 3. The van der Waals surface area contributed by atoms with E-state index < -0.39 is 0 Å². The van der Waals surface area contributed by atoms with Crippen molar-refractivity contribution in [1.29, 1.82) is 0 Å². The maximum absolute atomic E-state index is 5.55. The quantitative estimate of drug-likeness (QED) is 0.537. The molecule has 0 bridgehead atoms. The van der Waals surface area contributed by atoms with Gasteiger partial charge in [0.25, 0.3) is 0 Å². The zero-order chi connectivity index (χ0) is 11.3. The second kappa shape index (κ2) is 5.82. The molecule has 3 N–H and O–H groups in total. The van der Waals surface area contributed by atoms with Crippen molar-refractivity contribution in [3.63, 3.8) is 0 Å². The lowest BCUT2D eigenvalue weighted by atomic mass is 9.97. The third-order valence-electron chi connectivity index (χ3n) is 2.94. The molecule has 0 aliphatic carbocycles. The molecule has 0 spiro atoms. The molecule has 5 heteroatoms. The Morgan fingerprint density at radius 1 is 1.53 bits per heavy atom. The molecule has 0 aliphatic rings. The molecule has 1 rings (SSSR count). The predicted molar refractivity (Wildman–Crippen MR) is 60.0 cm³/mol. The summed E-state index contributed by atoms with van der Waals surface area (Å²) < 4.78 is 1.91. The second-order valence-electron chi connectivity index (χ2n) is 3.85. The molecule has 0 saturated carbocycles. The predicted octanol–water partition coefficient (Wildman–Crippen LogP) is 0.719. The summed E-state index contributed by atoms with van der Waals surface area (Å²) in [6.07, 6.45) is 3.54. The fraction of sp³-hybridized carbons (Fsp3) is 0.800. The SMILES string of the molecule is CCC(C)C(Cc1ncnn1CC)NN. The minimum atomic E-state index is 0.268. The van der Waals surface area contributed by atoms with Crippen LogP contribution in [0.4, 0.5) is 0 Å². The van der Waals surface area contributed by atoms with Crippen molar-refractivity contribution in [2.75, 3.05) is 0 Å². The van der Waals surface area contributed by atoms with Crippen LogP contribution in [0.3, 0.4) is 0 Å². The third-order valence-corrected chi connectivity index (χ3v) is 2.94. The summed E-state index contributed by atoms with van der Waals surface area (Å²) in [6, 6.07) is 0.268. The Balaban J connectivity index is 2.66. The van der Waals surface area contributed by atoms with Crippen LogP contribution in [0.15, 0.2) is 6.33 Å². The Hall–Kier alpha value is -0.940. The van der Waals surface area contributed by atoms with Crippen molar-refractivity contribution >= 4 is 0 Å². The molecule has 0 radical (unpaired) electrons. The highest BCUT2D eigenvalue weighted by atomic mass is 15.3. The summed E-state index contributed by atoms with van der Waals surface area (Å²) in [7, 11) is 0. The van der Waals surface area contributed by atoms with E-state index in [1.807, 2.05) is 4.68 Å². The van der Waals surface area contributed by atoms with Crippen LogP contribution in [0, 0.1) is 5.92 Å². The van der Waals surface area contributed by atoms with Crippen LogP contribution in [0.2, 0.25) is 0 Å². The summed E-state index contributed by atoms with van der Waals surface area (Å²) >= 11 is 0. The van der Waals surface area contributed by atoms with Crippen LogP contribution in [-0.4, -0.2) is 20.8 Å². The van der Waals surface area contributed by atoms with Gasteiger partial charge in [0.2, 0.25) is 0 Å². The molecule has 86 valence electrons. The van der Waals surface area contributed by atoms with Crippen molar-refractivity contribution in [3.8, 4) is 0 Å². The van der Waals surface area contributed by atoms with Gasteiger partial charge in [-0.15, -0.1) is 0 Å². The molecule has 2 atom stereocenters. The Morgan fingerprint density at radius 2 is 2.27 bits per heavy atom. The average molecular weight is 211 g/mol. The summed E-state index contributed by atoms with van der Waals surface area (Å²) in [5.41, 5.74) is 2.86. The highest BCUT2D eigenvalue weighted by Crippen LogP contribution is 2.11. The standard InChI is InChI=1S/C10H21N5/c1-4-8(3)9(14-11)6-10-12-7-13-15(10)5-2/h7-9,14H,4-6,11H2,1-3H3. The fourth-order valence-electron chi connectivity index (χ4n) is 1.62. The second-order valence-corrected chi connectivity index (χ2v) is 3.85. The van der Waals surface area contributed by atoms with E-state index >= 15 is 0 Å². The molecule has 0 amide bonds. The van der Waals surface area contributed by atoms with Crippen molar-refractivity contribution in [2.45, 2.75) is 46.2 Å². The van der Waals surface area contributed by atoms with Crippen LogP contribution in [0.25, 0.3) is 0 Å². The molecular formula is C10H21N5. The summed E-state index contributed by atoms with van der Waals surface area (Å²) in [4.78, 5) is 4.25. The molecule has 2 unspecified atom stereocenters. The first-order valence-corrected chi connectivity index (χ1v) is 5.55. The third kappa shape index (κ3) is 3.00. The van der Waals surface area contributed by atoms with Crippen LogP contribution in [0.1, 0.15) is 33.0 Å². The van der Waals surface area contributed by atoms with Gasteiger partial charge in [-0.25, -0.2) is 4.98 Å². The largest absolute Gasteiger partial charge is 0.271 e. The molecule has 0 fully saturated rings. The van der Waals surface area contributed by atoms with Crippen molar-refractivity contribution in [1.82, 2.24) is 20.2 Å². The minimum absolute atomic E-state index is 0.268. The molecule has 0 saturated heterocycles. The number of hydrogen-bond acceptors (Lipinski definition) is 4. The van der Waals surface area contributed by atoms with Gasteiger partial charge in [-0.2, -0.15) is 5.10 Å². The summed E-state index contributed by atoms with van der Waals surface area (Å²) in [5, 5.41) is 4.14. The highest BCUT2D eigenvalue weighted by Gasteiger charge is 2.17. The number of aryl methyl sites for hydroxylation is 1. The van der Waals surface area contributed by atoms with Crippen molar-refractivity contribution in [2.24, 2.45) is 11.8 Å². The first kappa shape index (κ1) is 12.1. The van der Waals surface area contributed by atoms with Gasteiger partial charge in [0.1, 0.15) is 12.2 Å². The zero-order valence-electron chi connectivity index (χ0n) is 9.77. The first-order chi connectivity index (χ1) is 7.22. The van der Waals surface area contributed by atoms with Crippen LogP contribution >= 0.6 is 0 Å². The Labute approximate surface area is 91.0 Å². The topological polar surface area (TPSA) is 68.8 Å². The maximum Gasteiger partial charge on any atom is 0.138 e. The van der Waals surface area contributed by atoms with E-state index in [4.69, 9.17) is 5.84 Å². The summed E-state index contributed by atoms with van der Waals surface area (Å²) in [6.45, 7) is 7.27. The number of nitrogens with zero attached hydrogens (tertiary/aromatic N) is 3. The Bertz CT molecular complexity index is 283. The van der Waals surface area contributed by atoms with E-state index in [1.54, 1.807) is 6.33 Å². The van der Waals surface area contributed by atoms with Gasteiger partial charge in [-0.3, -0.25) is 16.0 Å². The Morgan fingerprint density at radius 3 is 2.80 bits per heavy atom. The highest BCUT2D eigenvalue weighted by molar-refractivity contribution is 4.90. The van der Waals surface area contributed by atoms with Crippen molar-refractivity contribution in [3.05, 3.63) is 12.2 Å². The van der Waals surface area contributed by atoms with Gasteiger partial charge in [0.05, 0.1) is 0 Å². The molecule has 15 heavy (non-hydrogen) atoms. The first-order valence-electron chi connectivity index (χ1n) is 5.55. The molecule has 1 aromatic rings. The van der Waals surface area contributed by atoms with Gasteiger partial charge < -0.3 is 0 Å². The van der Waals surface area contributed by atoms with E-state index in [2.05, 4.69) is 36.3 Å². The van der Waals surface area contributed by atoms with Crippen LogP contribution < -0.4 is 11.3 Å². The fourth-order valence-corrected chi connectivity index (χ4v) is 1.62. The Kier molecular flexibility index (Phi) is 4.71. The van der Waals surface area contributed by atoms with E-state index in [9.17, 15) is 0 Å². The normalized spacial score (nSPS) is 15.2. The van der Waals surface area contributed by atoms with E-state index in [0.717, 1.165) is 25.2 Å². The molecular weight excluding hydrogens is 190 g/mol. The number of hydrogen-bond donors (Lipinski definition) is 2. The lowest BCUT2D eigenvalue weighted by Gasteiger charge is -2.21. The molecule has 0 aromatic carbocycles. The van der Waals surface area contributed by atoms with Gasteiger partial charge >= 0.3 is 0 Å². The number of hydrazine groups is 1. The number of nitrogens with one attached hydrogen (secondary N) is 1. The molecule has 0 aliphatic heterocycles. The van der Waals surface area contributed by atoms with Crippen LogP contribution in [0.5, 0.6) is 0 Å². The van der Waals surface area contributed by atoms with E-state index in [-0.39, 0.29) is 6.04 Å². The molecule has 1 heterocycles.